The van der Waals surface area contributed by atoms with E-state index in [0.717, 1.165) is 23.2 Å². The normalized spacial score (nSPS) is 18.7. The summed E-state index contributed by atoms with van der Waals surface area (Å²) < 4.78 is 132. The predicted molar refractivity (Wildman–Crippen MR) is 136 cm³/mol. The largest absolute Gasteiger partial charge is 0.488 e. The van der Waals surface area contributed by atoms with Crippen LogP contribution >= 0.6 is 0 Å². The van der Waals surface area contributed by atoms with Gasteiger partial charge in [0.15, 0.2) is 5.69 Å². The molecule has 1 aliphatic heterocycles. The monoisotopic (exact) mass is 620 g/mol. The summed E-state index contributed by atoms with van der Waals surface area (Å²) in [6.07, 6.45) is -5.59. The number of carboxylic acid groups (broad SMARTS) is 1. The average Bonchev–Trinajstić information content (AvgIpc) is 2.97. The lowest BCUT2D eigenvalue weighted by molar-refractivity contribution is -0.139. The van der Waals surface area contributed by atoms with Crippen LogP contribution in [0.1, 0.15) is 41.4 Å². The minimum absolute atomic E-state index is 0.138. The highest BCUT2D eigenvalue weighted by Gasteiger charge is 2.45. The molecule has 2 heterocycles. The number of pyridine rings is 1. The topological polar surface area (TPSA) is 96.8 Å². The Morgan fingerprint density at radius 1 is 1.12 bits per heavy atom. The van der Waals surface area contributed by atoms with Crippen molar-refractivity contribution in [1.82, 2.24) is 4.98 Å². The number of ether oxygens (including phenoxy) is 1. The van der Waals surface area contributed by atoms with Gasteiger partial charge in [0.25, 0.3) is 0 Å². The first-order valence-corrected chi connectivity index (χ1v) is 13.9. The van der Waals surface area contributed by atoms with E-state index >= 15 is 4.39 Å². The molecular weight excluding hydrogens is 597 g/mol. The number of alkyl halides is 6. The van der Waals surface area contributed by atoms with Gasteiger partial charge in [0.1, 0.15) is 18.2 Å². The number of sulfone groups is 1. The zero-order valence-corrected chi connectivity index (χ0v) is 22.5. The van der Waals surface area contributed by atoms with E-state index in [4.69, 9.17) is 4.74 Å². The van der Waals surface area contributed by atoms with Gasteiger partial charge in [-0.1, -0.05) is 12.1 Å². The number of halogens is 7. The molecule has 2 aromatic carbocycles. The third kappa shape index (κ3) is 6.61. The van der Waals surface area contributed by atoms with Crippen molar-refractivity contribution in [1.29, 1.82) is 0 Å². The van der Waals surface area contributed by atoms with Gasteiger partial charge in [-0.25, -0.2) is 35.8 Å². The lowest BCUT2D eigenvalue weighted by Crippen LogP contribution is -2.32. The van der Waals surface area contributed by atoms with Gasteiger partial charge < -0.3 is 14.7 Å². The number of rotatable bonds is 8. The summed E-state index contributed by atoms with van der Waals surface area (Å²) in [5, 5.41) is 9.31. The maximum Gasteiger partial charge on any atom is 0.420 e. The molecule has 0 radical (unpaired) electrons. The maximum atomic E-state index is 15.7. The molecule has 0 fully saturated rings. The van der Waals surface area contributed by atoms with E-state index in [1.54, 1.807) is 0 Å². The molecule has 0 spiro atoms. The molecule has 3 aromatic rings. The second-order valence-electron chi connectivity index (χ2n) is 9.77. The summed E-state index contributed by atoms with van der Waals surface area (Å²) >= 11 is 0. The van der Waals surface area contributed by atoms with Crippen LogP contribution in [0.25, 0.3) is 0 Å². The van der Waals surface area contributed by atoms with E-state index < -0.39 is 98.7 Å². The van der Waals surface area contributed by atoms with Gasteiger partial charge in [0.2, 0.25) is 21.3 Å². The quantitative estimate of drug-likeness (QED) is 0.277. The number of aromatic carboxylic acids is 1. The maximum absolute atomic E-state index is 15.7. The lowest BCUT2D eigenvalue weighted by Gasteiger charge is -2.29. The minimum Gasteiger partial charge on any atom is -0.488 e. The van der Waals surface area contributed by atoms with Crippen molar-refractivity contribution in [2.24, 2.45) is 5.92 Å². The molecule has 0 unspecified atom stereocenters. The van der Waals surface area contributed by atoms with Crippen molar-refractivity contribution >= 4 is 27.2 Å². The summed E-state index contributed by atoms with van der Waals surface area (Å²) in [5.74, 6) is -8.32. The zero-order valence-electron chi connectivity index (χ0n) is 21.7. The van der Waals surface area contributed by atoms with Crippen LogP contribution in [-0.2, 0) is 22.6 Å². The summed E-state index contributed by atoms with van der Waals surface area (Å²) in [7, 11) is -5.12. The Balaban J connectivity index is 1.90. The Bertz CT molecular complexity index is 1590. The van der Waals surface area contributed by atoms with Crippen molar-refractivity contribution < 1.29 is 53.8 Å². The van der Waals surface area contributed by atoms with Crippen LogP contribution in [0.5, 0.6) is 5.75 Å². The number of hydrogen-bond acceptors (Lipinski definition) is 6. The molecule has 0 aliphatic carbocycles. The first-order valence-electron chi connectivity index (χ1n) is 12.3. The van der Waals surface area contributed by atoms with Gasteiger partial charge in [-0.15, -0.1) is 0 Å². The van der Waals surface area contributed by atoms with Crippen molar-refractivity contribution in [2.45, 2.75) is 48.9 Å². The van der Waals surface area contributed by atoms with Gasteiger partial charge in [-0.2, -0.15) is 13.2 Å². The number of aromatic nitrogens is 1. The Labute approximate surface area is 235 Å². The number of anilines is 2. The fourth-order valence-corrected chi connectivity index (χ4v) is 6.28. The van der Waals surface area contributed by atoms with Crippen LogP contribution in [0.2, 0.25) is 0 Å². The van der Waals surface area contributed by atoms with Crippen LogP contribution in [0.3, 0.4) is 0 Å². The first-order chi connectivity index (χ1) is 19.5. The van der Waals surface area contributed by atoms with E-state index in [-0.39, 0.29) is 11.3 Å². The molecule has 1 N–H and O–H groups in total. The van der Waals surface area contributed by atoms with Crippen LogP contribution in [0.4, 0.5) is 42.1 Å². The highest BCUT2D eigenvalue weighted by molar-refractivity contribution is 7.92. The highest BCUT2D eigenvalue weighted by atomic mass is 32.2. The van der Waals surface area contributed by atoms with E-state index in [1.165, 1.54) is 24.3 Å². The number of carbonyl (C=O) groups is 1. The molecular formula is C27H23F7N2O5S. The Kier molecular flexibility index (Phi) is 8.45. The van der Waals surface area contributed by atoms with Gasteiger partial charge in [-0.05, 0) is 43.7 Å². The van der Waals surface area contributed by atoms with Crippen molar-refractivity contribution in [3.8, 4) is 5.75 Å². The molecule has 15 heteroatoms. The van der Waals surface area contributed by atoms with Crippen LogP contribution in [-0.4, -0.2) is 42.4 Å². The Morgan fingerprint density at radius 3 is 2.45 bits per heavy atom. The van der Waals surface area contributed by atoms with Gasteiger partial charge >= 0.3 is 12.1 Å². The molecule has 1 aliphatic rings. The fourth-order valence-electron chi connectivity index (χ4n) is 4.57. The molecule has 0 bridgehead atoms. The molecule has 4 rings (SSSR count). The van der Waals surface area contributed by atoms with E-state index in [1.807, 2.05) is 0 Å². The second kappa shape index (κ2) is 11.4. The molecule has 0 saturated carbocycles. The first kappa shape index (κ1) is 31.1. The van der Waals surface area contributed by atoms with E-state index in [9.17, 15) is 44.7 Å². The zero-order chi connectivity index (χ0) is 31.0. The lowest BCUT2D eigenvalue weighted by atomic mass is 10.00. The van der Waals surface area contributed by atoms with Gasteiger partial charge in [0.05, 0.1) is 16.1 Å². The minimum atomic E-state index is -5.16. The fraction of sp³-hybridized carbons (Fsp3) is 0.333. The molecule has 0 saturated heterocycles. The van der Waals surface area contributed by atoms with Crippen molar-refractivity contribution in [3.63, 3.8) is 0 Å². The average molecular weight is 621 g/mol. The van der Waals surface area contributed by atoms with Crippen molar-refractivity contribution in [3.05, 3.63) is 77.4 Å². The van der Waals surface area contributed by atoms with Gasteiger partial charge in [-0.3, -0.25) is 0 Å². The number of nitrogens with zero attached hydrogens (tertiary/aromatic N) is 2. The molecule has 2 atom stereocenters. The molecule has 0 amide bonds. The summed E-state index contributed by atoms with van der Waals surface area (Å²) in [4.78, 5) is 15.1. The molecule has 226 valence electrons. The van der Waals surface area contributed by atoms with Crippen LogP contribution in [0, 0.1) is 11.7 Å². The molecule has 1 aromatic heterocycles. The summed E-state index contributed by atoms with van der Waals surface area (Å²) in [6, 6.07) is 7.74. The standard InChI is InChI=1S/C27H23F7N2O5S/c1-26(30,31)8-7-15-13-36(18-6-2-5-17(28)10-18)20-11-19(27(32,33)34)21(12-22(20)42(39,40)24(15)29)41-14-16-4-3-9-35-23(16)25(37)38/h2-6,9-12,15,24H,7-8,13-14H2,1H3,(H,37,38)/t15-,24+/m1/s1. The molecule has 7 nitrogen and oxygen atoms in total. The third-order valence-electron chi connectivity index (χ3n) is 6.60. The van der Waals surface area contributed by atoms with Gasteiger partial charge in [0, 0.05) is 42.4 Å². The summed E-state index contributed by atoms with van der Waals surface area (Å²) in [6.45, 7) is -0.887. The highest BCUT2D eigenvalue weighted by Crippen LogP contribution is 2.47. The smallest absolute Gasteiger partial charge is 0.420 e. The Hall–Kier alpha value is -3.88. The Morgan fingerprint density at radius 2 is 1.83 bits per heavy atom. The van der Waals surface area contributed by atoms with Crippen LogP contribution in [0.15, 0.2) is 59.6 Å². The SMILES string of the molecule is CC(F)(F)CC[C@@H]1CN(c2cccc(F)c2)c2cc(C(F)(F)F)c(OCc3cccnc3C(=O)O)cc2S(=O)(=O)[C@@H]1F. The van der Waals surface area contributed by atoms with Crippen molar-refractivity contribution in [2.75, 3.05) is 11.4 Å². The number of fused-ring (bicyclic) bond motifs is 1. The summed E-state index contributed by atoms with van der Waals surface area (Å²) in [5.41, 5.74) is -5.77. The second-order valence-corrected chi connectivity index (χ2v) is 11.8. The predicted octanol–water partition coefficient (Wildman–Crippen LogP) is 6.79. The number of carboxylic acids is 1. The number of hydrogen-bond donors (Lipinski definition) is 1. The number of benzene rings is 2. The van der Waals surface area contributed by atoms with E-state index in [2.05, 4.69) is 4.98 Å². The molecule has 42 heavy (non-hydrogen) atoms. The third-order valence-corrected chi connectivity index (χ3v) is 8.52. The van der Waals surface area contributed by atoms with Crippen LogP contribution < -0.4 is 9.64 Å². The van der Waals surface area contributed by atoms with E-state index in [0.29, 0.717) is 19.1 Å².